The minimum atomic E-state index is -2.62. The number of aliphatic hydroxyl groups excluding tert-OH is 1. The van der Waals surface area contributed by atoms with Gasteiger partial charge >= 0.3 is 0 Å². The van der Waals surface area contributed by atoms with E-state index in [4.69, 9.17) is 0 Å². The smallest absolute Gasteiger partial charge is 0.288 e. The number of rotatable bonds is 6. The fourth-order valence-electron chi connectivity index (χ4n) is 1.78. The van der Waals surface area contributed by atoms with Crippen molar-refractivity contribution in [3.63, 3.8) is 0 Å². The van der Waals surface area contributed by atoms with Crippen molar-refractivity contribution in [2.45, 2.75) is 16.8 Å². The molecule has 1 atom stereocenters. The number of alkyl halides is 2. The largest absolute Gasteiger partial charge is 0.386 e. The Morgan fingerprint density at radius 1 is 1.32 bits per heavy atom. The van der Waals surface area contributed by atoms with E-state index in [9.17, 15) is 23.1 Å². The van der Waals surface area contributed by atoms with Gasteiger partial charge in [0.1, 0.15) is 10.7 Å². The molecular formula is C14H12F3NO2S2. The average Bonchev–Trinajstić information content (AvgIpc) is 2.92. The van der Waals surface area contributed by atoms with Gasteiger partial charge in [-0.25, -0.2) is 4.39 Å². The number of nitrogens with one attached hydrogen (secondary N) is 1. The highest BCUT2D eigenvalue weighted by molar-refractivity contribution is 7.99. The van der Waals surface area contributed by atoms with Gasteiger partial charge in [0.05, 0.1) is 6.10 Å². The molecule has 2 N–H and O–H groups in total. The van der Waals surface area contributed by atoms with E-state index in [0.29, 0.717) is 0 Å². The Bertz CT molecular complexity index is 649. The molecule has 22 heavy (non-hydrogen) atoms. The Morgan fingerprint density at radius 2 is 2.05 bits per heavy atom. The van der Waals surface area contributed by atoms with Crippen LogP contribution in [0.1, 0.15) is 21.3 Å². The van der Waals surface area contributed by atoms with Crippen molar-refractivity contribution < 1.29 is 23.1 Å². The van der Waals surface area contributed by atoms with Crippen LogP contribution in [0, 0.1) is 5.82 Å². The van der Waals surface area contributed by atoms with Crippen LogP contribution in [0.5, 0.6) is 0 Å². The molecule has 1 amide bonds. The fraction of sp³-hybridized carbons (Fsp3) is 0.214. The Balaban J connectivity index is 1.98. The van der Waals surface area contributed by atoms with Crippen LogP contribution in [-0.2, 0) is 0 Å². The SMILES string of the molecule is O=C(NCC(O)c1ccccc1F)c1sccc1SC(F)F. The molecule has 8 heteroatoms. The third-order valence-electron chi connectivity index (χ3n) is 2.77. The summed E-state index contributed by atoms with van der Waals surface area (Å²) in [7, 11) is 0. The van der Waals surface area contributed by atoms with Gasteiger partial charge in [-0.15, -0.1) is 11.3 Å². The monoisotopic (exact) mass is 347 g/mol. The molecule has 1 aromatic heterocycles. The Morgan fingerprint density at radius 3 is 2.73 bits per heavy atom. The van der Waals surface area contributed by atoms with Crippen LogP contribution in [0.3, 0.4) is 0 Å². The normalized spacial score (nSPS) is 12.4. The second kappa shape index (κ2) is 7.66. The zero-order chi connectivity index (χ0) is 16.1. The first kappa shape index (κ1) is 16.9. The van der Waals surface area contributed by atoms with Gasteiger partial charge in [0.25, 0.3) is 11.7 Å². The quantitative estimate of drug-likeness (QED) is 0.784. The Kier molecular flexibility index (Phi) is 5.87. The maximum atomic E-state index is 13.5. The van der Waals surface area contributed by atoms with Crippen molar-refractivity contribution in [2.75, 3.05) is 6.54 Å². The highest BCUT2D eigenvalue weighted by atomic mass is 32.2. The first-order valence-electron chi connectivity index (χ1n) is 6.22. The topological polar surface area (TPSA) is 49.3 Å². The number of thiophene rings is 1. The molecule has 0 spiro atoms. The molecule has 2 rings (SSSR count). The van der Waals surface area contributed by atoms with E-state index >= 15 is 0 Å². The van der Waals surface area contributed by atoms with Crippen LogP contribution in [-0.4, -0.2) is 23.3 Å². The highest BCUT2D eigenvalue weighted by Gasteiger charge is 2.19. The number of amides is 1. The lowest BCUT2D eigenvalue weighted by Crippen LogP contribution is -2.28. The molecule has 1 unspecified atom stereocenters. The molecule has 3 nitrogen and oxygen atoms in total. The maximum absolute atomic E-state index is 13.5. The molecule has 118 valence electrons. The van der Waals surface area contributed by atoms with Crippen LogP contribution < -0.4 is 5.32 Å². The Labute approximate surface area is 133 Å². The van der Waals surface area contributed by atoms with E-state index in [-0.39, 0.29) is 33.6 Å². The molecule has 0 radical (unpaired) electrons. The number of hydrogen-bond donors (Lipinski definition) is 2. The van der Waals surface area contributed by atoms with Gasteiger partial charge in [0.2, 0.25) is 0 Å². The Hall–Kier alpha value is -1.51. The molecule has 1 heterocycles. The average molecular weight is 347 g/mol. The first-order valence-corrected chi connectivity index (χ1v) is 7.98. The third kappa shape index (κ3) is 4.25. The van der Waals surface area contributed by atoms with E-state index in [1.807, 2.05) is 0 Å². The van der Waals surface area contributed by atoms with Gasteiger partial charge in [0, 0.05) is 17.0 Å². The standard InChI is InChI=1S/C14H12F3NO2S2/c15-9-4-2-1-3-8(9)10(19)7-18-13(20)12-11(5-6-21-12)22-14(16)17/h1-6,10,14,19H,7H2,(H,18,20). The molecule has 0 bridgehead atoms. The van der Waals surface area contributed by atoms with E-state index in [1.165, 1.54) is 29.6 Å². The van der Waals surface area contributed by atoms with Crippen LogP contribution in [0.2, 0.25) is 0 Å². The molecule has 0 aliphatic heterocycles. The summed E-state index contributed by atoms with van der Waals surface area (Å²) in [6, 6.07) is 7.11. The van der Waals surface area contributed by atoms with Crippen molar-refractivity contribution in [1.82, 2.24) is 5.32 Å². The van der Waals surface area contributed by atoms with Crippen molar-refractivity contribution in [1.29, 1.82) is 0 Å². The summed E-state index contributed by atoms with van der Waals surface area (Å²) in [5.74, 6) is -3.77. The van der Waals surface area contributed by atoms with Gasteiger partial charge in [-0.3, -0.25) is 4.79 Å². The van der Waals surface area contributed by atoms with Crippen LogP contribution >= 0.6 is 23.1 Å². The first-order chi connectivity index (χ1) is 10.5. The summed E-state index contributed by atoms with van der Waals surface area (Å²) in [5, 5.41) is 13.8. The number of halogens is 3. The highest BCUT2D eigenvalue weighted by Crippen LogP contribution is 2.31. The molecule has 1 aromatic carbocycles. The van der Waals surface area contributed by atoms with Crippen molar-refractivity contribution in [3.8, 4) is 0 Å². The van der Waals surface area contributed by atoms with E-state index in [0.717, 1.165) is 11.3 Å². The molecule has 2 aromatic rings. The van der Waals surface area contributed by atoms with E-state index in [2.05, 4.69) is 5.32 Å². The molecule has 0 saturated heterocycles. The summed E-state index contributed by atoms with van der Waals surface area (Å²) >= 11 is 1.32. The van der Waals surface area contributed by atoms with Crippen LogP contribution in [0.25, 0.3) is 0 Å². The summed E-state index contributed by atoms with van der Waals surface area (Å²) < 4.78 is 38.2. The number of hydrogen-bond acceptors (Lipinski definition) is 4. The van der Waals surface area contributed by atoms with Crippen molar-refractivity contribution in [2.24, 2.45) is 0 Å². The van der Waals surface area contributed by atoms with E-state index in [1.54, 1.807) is 6.07 Å². The lowest BCUT2D eigenvalue weighted by molar-refractivity contribution is 0.0915. The van der Waals surface area contributed by atoms with Crippen molar-refractivity contribution in [3.05, 3.63) is 52.0 Å². The number of carbonyl (C=O) groups excluding carboxylic acids is 1. The second-order valence-electron chi connectivity index (χ2n) is 4.24. The second-order valence-corrected chi connectivity index (χ2v) is 6.19. The van der Waals surface area contributed by atoms with Crippen LogP contribution in [0.4, 0.5) is 13.2 Å². The number of thioether (sulfide) groups is 1. The van der Waals surface area contributed by atoms with Crippen molar-refractivity contribution >= 4 is 29.0 Å². The van der Waals surface area contributed by atoms with Gasteiger partial charge in [-0.05, 0) is 17.5 Å². The van der Waals surface area contributed by atoms with E-state index < -0.39 is 23.6 Å². The molecule has 0 fully saturated rings. The van der Waals surface area contributed by atoms with Gasteiger partial charge < -0.3 is 10.4 Å². The molecule has 0 aliphatic rings. The number of aliphatic hydroxyl groups is 1. The predicted molar refractivity (Wildman–Crippen MR) is 79.9 cm³/mol. The maximum Gasteiger partial charge on any atom is 0.288 e. The summed E-state index contributed by atoms with van der Waals surface area (Å²) in [5.41, 5.74) is 0.0659. The van der Waals surface area contributed by atoms with Gasteiger partial charge in [-0.2, -0.15) is 8.78 Å². The lowest BCUT2D eigenvalue weighted by atomic mass is 10.1. The fourth-order valence-corrected chi connectivity index (χ4v) is 3.39. The number of benzene rings is 1. The summed E-state index contributed by atoms with van der Waals surface area (Å²) in [4.78, 5) is 12.3. The summed E-state index contributed by atoms with van der Waals surface area (Å²) in [6.45, 7) is -0.212. The molecular weight excluding hydrogens is 335 g/mol. The zero-order valence-corrected chi connectivity index (χ0v) is 12.8. The molecule has 0 saturated carbocycles. The van der Waals surface area contributed by atoms with Gasteiger partial charge in [0.15, 0.2) is 0 Å². The van der Waals surface area contributed by atoms with Crippen LogP contribution in [0.15, 0.2) is 40.6 Å². The number of carbonyl (C=O) groups is 1. The minimum absolute atomic E-state index is 0.0659. The third-order valence-corrected chi connectivity index (χ3v) is 4.59. The predicted octanol–water partition coefficient (Wildman–Crippen LogP) is 3.67. The summed E-state index contributed by atoms with van der Waals surface area (Å²) in [6.07, 6.45) is -1.21. The lowest BCUT2D eigenvalue weighted by Gasteiger charge is -2.13. The minimum Gasteiger partial charge on any atom is -0.386 e. The zero-order valence-electron chi connectivity index (χ0n) is 11.1. The van der Waals surface area contributed by atoms with Gasteiger partial charge in [-0.1, -0.05) is 30.0 Å². The molecule has 0 aliphatic carbocycles.